The molecule has 7 nitrogen and oxygen atoms in total. The fourth-order valence-corrected chi connectivity index (χ4v) is 1.77. The van der Waals surface area contributed by atoms with E-state index in [0.717, 1.165) is 0 Å². The molecule has 0 aliphatic rings. The number of nitrogens with one attached hydrogen (secondary N) is 2. The molecule has 1 amide bonds. The first-order valence-electron chi connectivity index (χ1n) is 5.27. The van der Waals surface area contributed by atoms with Gasteiger partial charge in [-0.2, -0.15) is 5.21 Å². The van der Waals surface area contributed by atoms with Crippen LogP contribution in [-0.4, -0.2) is 31.5 Å². The number of tetrazole rings is 1. The van der Waals surface area contributed by atoms with Gasteiger partial charge in [0.2, 0.25) is 0 Å². The number of rotatable bonds is 3. The number of aromatic amines is 1. The quantitative estimate of drug-likeness (QED) is 0.839. The maximum Gasteiger partial charge on any atom is 0.253 e. The largest absolute Gasteiger partial charge is 0.340 e. The van der Waals surface area contributed by atoms with E-state index in [9.17, 15) is 4.79 Å². The molecule has 0 saturated carbocycles. The van der Waals surface area contributed by atoms with Crippen molar-refractivity contribution in [2.45, 2.75) is 19.4 Å². The van der Waals surface area contributed by atoms with E-state index in [4.69, 9.17) is 23.2 Å². The third-order valence-electron chi connectivity index (χ3n) is 2.40. The van der Waals surface area contributed by atoms with Crippen LogP contribution in [0.3, 0.4) is 0 Å². The monoisotopic (exact) mass is 300 g/mol. The van der Waals surface area contributed by atoms with Crippen molar-refractivity contribution in [3.05, 3.63) is 33.8 Å². The SMILES string of the molecule is CC(C)(NC(=O)c1cc(Cl)ncc1Cl)c1nn[nH]n1. The van der Waals surface area contributed by atoms with Gasteiger partial charge in [0.05, 0.1) is 16.1 Å². The number of hydrogen-bond acceptors (Lipinski definition) is 5. The summed E-state index contributed by atoms with van der Waals surface area (Å²) < 4.78 is 0. The van der Waals surface area contributed by atoms with Crippen LogP contribution in [0.4, 0.5) is 0 Å². The molecule has 0 bridgehead atoms. The molecular weight excluding hydrogens is 291 g/mol. The van der Waals surface area contributed by atoms with Crippen LogP contribution in [0.15, 0.2) is 12.3 Å². The molecule has 0 fully saturated rings. The van der Waals surface area contributed by atoms with E-state index < -0.39 is 11.4 Å². The highest BCUT2D eigenvalue weighted by atomic mass is 35.5. The van der Waals surface area contributed by atoms with Crippen LogP contribution in [0, 0.1) is 0 Å². The normalized spacial score (nSPS) is 11.4. The summed E-state index contributed by atoms with van der Waals surface area (Å²) in [5, 5.41) is 16.6. The maximum absolute atomic E-state index is 12.2. The van der Waals surface area contributed by atoms with Gasteiger partial charge in [-0.1, -0.05) is 28.4 Å². The number of aromatic nitrogens is 5. The van der Waals surface area contributed by atoms with E-state index in [1.54, 1.807) is 13.8 Å². The minimum atomic E-state index is -0.802. The summed E-state index contributed by atoms with van der Waals surface area (Å²) in [5.74, 6) is -0.0405. The summed E-state index contributed by atoms with van der Waals surface area (Å²) >= 11 is 11.7. The highest BCUT2D eigenvalue weighted by Crippen LogP contribution is 2.20. The lowest BCUT2D eigenvalue weighted by Gasteiger charge is -2.22. The minimum Gasteiger partial charge on any atom is -0.340 e. The number of halogens is 2. The van der Waals surface area contributed by atoms with Crippen molar-refractivity contribution in [3.63, 3.8) is 0 Å². The van der Waals surface area contributed by atoms with Crippen LogP contribution in [0.1, 0.15) is 30.0 Å². The summed E-state index contributed by atoms with van der Waals surface area (Å²) in [7, 11) is 0. The Kier molecular flexibility index (Phi) is 3.68. The van der Waals surface area contributed by atoms with Crippen LogP contribution in [0.25, 0.3) is 0 Å². The summed E-state index contributed by atoms with van der Waals surface area (Å²) in [4.78, 5) is 15.9. The smallest absolute Gasteiger partial charge is 0.253 e. The Morgan fingerprint density at radius 1 is 1.42 bits per heavy atom. The van der Waals surface area contributed by atoms with Crippen molar-refractivity contribution < 1.29 is 4.79 Å². The standard InChI is InChI=1S/C10H10Cl2N6O/c1-10(2,9-15-17-18-16-9)14-8(19)5-3-7(12)13-4-6(5)11/h3-4H,1-2H3,(H,14,19)(H,15,16,17,18). The van der Waals surface area contributed by atoms with Gasteiger partial charge in [0.25, 0.3) is 5.91 Å². The van der Waals surface area contributed by atoms with Gasteiger partial charge in [0.1, 0.15) is 5.15 Å². The number of nitrogens with zero attached hydrogens (tertiary/aromatic N) is 4. The summed E-state index contributed by atoms with van der Waals surface area (Å²) in [6.07, 6.45) is 1.32. The molecule has 9 heteroatoms. The number of carbonyl (C=O) groups excluding carboxylic acids is 1. The number of carbonyl (C=O) groups is 1. The fraction of sp³-hybridized carbons (Fsp3) is 0.300. The van der Waals surface area contributed by atoms with Crippen molar-refractivity contribution in [3.8, 4) is 0 Å². The number of amides is 1. The molecule has 0 atom stereocenters. The molecule has 0 aromatic carbocycles. The predicted octanol–water partition coefficient (Wildman–Crippen LogP) is 1.57. The summed E-state index contributed by atoms with van der Waals surface area (Å²) in [6, 6.07) is 1.39. The predicted molar refractivity (Wildman–Crippen MR) is 68.9 cm³/mol. The Balaban J connectivity index is 2.24. The lowest BCUT2D eigenvalue weighted by molar-refractivity contribution is 0.0908. The van der Waals surface area contributed by atoms with Gasteiger partial charge in [0.15, 0.2) is 5.82 Å². The van der Waals surface area contributed by atoms with Gasteiger partial charge < -0.3 is 5.32 Å². The maximum atomic E-state index is 12.2. The van der Waals surface area contributed by atoms with Gasteiger partial charge in [-0.3, -0.25) is 4.79 Å². The second kappa shape index (κ2) is 5.10. The first-order valence-corrected chi connectivity index (χ1v) is 6.03. The first kappa shape index (κ1) is 13.7. The number of hydrogen-bond donors (Lipinski definition) is 2. The van der Waals surface area contributed by atoms with Crippen LogP contribution < -0.4 is 5.32 Å². The van der Waals surface area contributed by atoms with Crippen molar-refractivity contribution in [1.82, 2.24) is 30.9 Å². The molecule has 2 N–H and O–H groups in total. The molecule has 2 rings (SSSR count). The van der Waals surface area contributed by atoms with E-state index in [1.807, 2.05) is 0 Å². The van der Waals surface area contributed by atoms with E-state index in [0.29, 0.717) is 5.82 Å². The Morgan fingerprint density at radius 2 is 2.16 bits per heavy atom. The van der Waals surface area contributed by atoms with Crippen molar-refractivity contribution in [2.24, 2.45) is 0 Å². The lowest BCUT2D eigenvalue weighted by atomic mass is 10.0. The molecular formula is C10H10Cl2N6O. The van der Waals surface area contributed by atoms with Crippen molar-refractivity contribution >= 4 is 29.1 Å². The van der Waals surface area contributed by atoms with Crippen molar-refractivity contribution in [2.75, 3.05) is 0 Å². The second-order valence-electron chi connectivity index (χ2n) is 4.30. The van der Waals surface area contributed by atoms with E-state index >= 15 is 0 Å². The van der Waals surface area contributed by atoms with E-state index in [-0.39, 0.29) is 15.7 Å². The average molecular weight is 301 g/mol. The van der Waals surface area contributed by atoms with Crippen molar-refractivity contribution in [1.29, 1.82) is 0 Å². The molecule has 0 aliphatic carbocycles. The lowest BCUT2D eigenvalue weighted by Crippen LogP contribution is -2.42. The van der Waals surface area contributed by atoms with Gasteiger partial charge in [-0.15, -0.1) is 10.2 Å². The Bertz CT molecular complexity index is 598. The molecule has 0 aliphatic heterocycles. The van der Waals surface area contributed by atoms with Crippen LogP contribution in [-0.2, 0) is 5.54 Å². The molecule has 0 unspecified atom stereocenters. The second-order valence-corrected chi connectivity index (χ2v) is 5.10. The zero-order valence-electron chi connectivity index (χ0n) is 10.1. The van der Waals surface area contributed by atoms with Gasteiger partial charge in [0, 0.05) is 6.20 Å². The fourth-order valence-electron chi connectivity index (χ4n) is 1.42. The van der Waals surface area contributed by atoms with Gasteiger partial charge >= 0.3 is 0 Å². The number of H-pyrrole nitrogens is 1. The average Bonchev–Trinajstić information content (AvgIpc) is 2.86. The summed E-state index contributed by atoms with van der Waals surface area (Å²) in [6.45, 7) is 3.49. The third kappa shape index (κ3) is 2.99. The highest BCUT2D eigenvalue weighted by Gasteiger charge is 2.28. The minimum absolute atomic E-state index is 0.187. The molecule has 0 radical (unpaired) electrons. The van der Waals surface area contributed by atoms with Gasteiger partial charge in [-0.25, -0.2) is 4.98 Å². The number of pyridine rings is 1. The van der Waals surface area contributed by atoms with Crippen LogP contribution in [0.2, 0.25) is 10.2 Å². The molecule has 2 heterocycles. The highest BCUT2D eigenvalue weighted by molar-refractivity contribution is 6.35. The molecule has 0 saturated heterocycles. The van der Waals surface area contributed by atoms with Gasteiger partial charge in [-0.05, 0) is 19.9 Å². The zero-order chi connectivity index (χ0) is 14.0. The summed E-state index contributed by atoms with van der Waals surface area (Å²) in [5.41, 5.74) is -0.568. The molecule has 2 aromatic heterocycles. The molecule has 0 spiro atoms. The molecule has 19 heavy (non-hydrogen) atoms. The third-order valence-corrected chi connectivity index (χ3v) is 2.90. The van der Waals surface area contributed by atoms with Crippen LogP contribution in [0.5, 0.6) is 0 Å². The zero-order valence-corrected chi connectivity index (χ0v) is 11.6. The molecule has 2 aromatic rings. The Labute approximate surface area is 118 Å². The molecule has 100 valence electrons. The Hall–Kier alpha value is -1.73. The Morgan fingerprint density at radius 3 is 2.79 bits per heavy atom. The topological polar surface area (TPSA) is 96.5 Å². The van der Waals surface area contributed by atoms with Crippen LogP contribution >= 0.6 is 23.2 Å². The van der Waals surface area contributed by atoms with E-state index in [2.05, 4.69) is 30.9 Å². The van der Waals surface area contributed by atoms with E-state index in [1.165, 1.54) is 12.3 Å². The first-order chi connectivity index (χ1) is 8.90.